The number of carbonyl (C=O) groups is 1. The van der Waals surface area contributed by atoms with Crippen LogP contribution in [0.4, 0.5) is 0 Å². The van der Waals surface area contributed by atoms with Gasteiger partial charge in [-0.2, -0.15) is 0 Å². The van der Waals surface area contributed by atoms with Gasteiger partial charge in [-0.3, -0.25) is 9.69 Å². The fourth-order valence-corrected chi connectivity index (χ4v) is 2.62. The van der Waals surface area contributed by atoms with E-state index in [1.165, 1.54) is 0 Å². The summed E-state index contributed by atoms with van der Waals surface area (Å²) in [7, 11) is 0. The molecule has 1 aromatic rings. The number of morpholine rings is 1. The number of carbonyl (C=O) groups excluding carboxylic acids is 1. The van der Waals surface area contributed by atoms with E-state index in [2.05, 4.69) is 36.2 Å². The summed E-state index contributed by atoms with van der Waals surface area (Å²) in [6, 6.07) is 6.15. The third kappa shape index (κ3) is 5.84. The van der Waals surface area contributed by atoms with Gasteiger partial charge in [0.25, 0.3) is 5.91 Å². The van der Waals surface area contributed by atoms with Crippen LogP contribution in [0.2, 0.25) is 0 Å². The second kappa shape index (κ2) is 8.89. The van der Waals surface area contributed by atoms with E-state index >= 15 is 0 Å². The number of ether oxygens (including phenoxy) is 2. The van der Waals surface area contributed by atoms with Gasteiger partial charge in [-0.25, -0.2) is 0 Å². The molecule has 5 nitrogen and oxygen atoms in total. The molecule has 0 spiro atoms. The highest BCUT2D eigenvalue weighted by Gasteiger charge is 2.12. The standard InChI is InChI=1S/C18H28N2O3/c1-14(2)16-5-4-15(3)12-17(16)23-13-18(21)19-6-7-20-8-10-22-11-9-20/h4-5,12,14H,6-11,13H2,1-3H3,(H,19,21). The molecule has 0 aromatic heterocycles. The van der Waals surface area contributed by atoms with E-state index in [4.69, 9.17) is 9.47 Å². The molecular formula is C18H28N2O3. The maximum atomic E-state index is 11.9. The van der Waals surface area contributed by atoms with E-state index in [-0.39, 0.29) is 12.5 Å². The second-order valence-corrected chi connectivity index (χ2v) is 6.29. The Morgan fingerprint density at radius 1 is 1.35 bits per heavy atom. The molecule has 0 atom stereocenters. The molecule has 0 radical (unpaired) electrons. The Balaban J connectivity index is 1.74. The van der Waals surface area contributed by atoms with Crippen LogP contribution in [0.15, 0.2) is 18.2 Å². The predicted molar refractivity (Wildman–Crippen MR) is 91.0 cm³/mol. The molecular weight excluding hydrogens is 292 g/mol. The summed E-state index contributed by atoms with van der Waals surface area (Å²) in [6.45, 7) is 11.3. The summed E-state index contributed by atoms with van der Waals surface area (Å²) in [5.74, 6) is 1.10. The van der Waals surface area contributed by atoms with E-state index in [0.717, 1.165) is 49.7 Å². The zero-order valence-corrected chi connectivity index (χ0v) is 14.4. The predicted octanol–water partition coefficient (Wildman–Crippen LogP) is 1.95. The molecule has 23 heavy (non-hydrogen) atoms. The Morgan fingerprint density at radius 3 is 2.78 bits per heavy atom. The van der Waals surface area contributed by atoms with Gasteiger partial charge in [0.2, 0.25) is 0 Å². The van der Waals surface area contributed by atoms with Gasteiger partial charge in [0.1, 0.15) is 5.75 Å². The van der Waals surface area contributed by atoms with Gasteiger partial charge >= 0.3 is 0 Å². The number of rotatable bonds is 7. The number of hydrogen-bond acceptors (Lipinski definition) is 4. The largest absolute Gasteiger partial charge is 0.483 e. The monoisotopic (exact) mass is 320 g/mol. The van der Waals surface area contributed by atoms with Gasteiger partial charge in [0.15, 0.2) is 6.61 Å². The SMILES string of the molecule is Cc1ccc(C(C)C)c(OCC(=O)NCCN2CCOCC2)c1. The third-order valence-electron chi connectivity index (χ3n) is 4.00. The first-order chi connectivity index (χ1) is 11.1. The maximum Gasteiger partial charge on any atom is 0.257 e. The summed E-state index contributed by atoms with van der Waals surface area (Å²) in [4.78, 5) is 14.2. The molecule has 2 rings (SSSR count). The lowest BCUT2D eigenvalue weighted by atomic mass is 10.0. The molecule has 1 fully saturated rings. The van der Waals surface area contributed by atoms with Crippen LogP contribution >= 0.6 is 0 Å². The second-order valence-electron chi connectivity index (χ2n) is 6.29. The number of nitrogens with one attached hydrogen (secondary N) is 1. The smallest absolute Gasteiger partial charge is 0.257 e. The highest BCUT2D eigenvalue weighted by atomic mass is 16.5. The van der Waals surface area contributed by atoms with Gasteiger partial charge in [0.05, 0.1) is 13.2 Å². The highest BCUT2D eigenvalue weighted by molar-refractivity contribution is 5.77. The zero-order chi connectivity index (χ0) is 16.7. The van der Waals surface area contributed by atoms with E-state index in [1.807, 2.05) is 13.0 Å². The van der Waals surface area contributed by atoms with Crippen LogP contribution in [0.5, 0.6) is 5.75 Å². The number of aryl methyl sites for hydroxylation is 1. The van der Waals surface area contributed by atoms with Gasteiger partial charge in [0, 0.05) is 26.2 Å². The van der Waals surface area contributed by atoms with Crippen molar-refractivity contribution in [2.24, 2.45) is 0 Å². The van der Waals surface area contributed by atoms with Crippen molar-refractivity contribution in [2.75, 3.05) is 46.0 Å². The van der Waals surface area contributed by atoms with Crippen molar-refractivity contribution in [1.82, 2.24) is 10.2 Å². The lowest BCUT2D eigenvalue weighted by Gasteiger charge is -2.26. The minimum Gasteiger partial charge on any atom is -0.483 e. The molecule has 128 valence electrons. The summed E-state index contributed by atoms with van der Waals surface area (Å²) in [5.41, 5.74) is 2.27. The Kier molecular flexibility index (Phi) is 6.86. The first-order valence-corrected chi connectivity index (χ1v) is 8.36. The van der Waals surface area contributed by atoms with E-state index in [1.54, 1.807) is 0 Å². The lowest BCUT2D eigenvalue weighted by molar-refractivity contribution is -0.123. The number of hydrogen-bond donors (Lipinski definition) is 1. The molecule has 1 aliphatic heterocycles. The fraction of sp³-hybridized carbons (Fsp3) is 0.611. The quantitative estimate of drug-likeness (QED) is 0.834. The molecule has 0 unspecified atom stereocenters. The molecule has 0 bridgehead atoms. The van der Waals surface area contributed by atoms with Crippen LogP contribution in [0.1, 0.15) is 30.9 Å². The zero-order valence-electron chi connectivity index (χ0n) is 14.4. The Labute approximate surface area is 139 Å². The Bertz CT molecular complexity index is 511. The van der Waals surface area contributed by atoms with Crippen LogP contribution in [0.3, 0.4) is 0 Å². The van der Waals surface area contributed by atoms with Crippen LogP contribution < -0.4 is 10.1 Å². The highest BCUT2D eigenvalue weighted by Crippen LogP contribution is 2.27. The third-order valence-corrected chi connectivity index (χ3v) is 4.00. The van der Waals surface area contributed by atoms with E-state index in [0.29, 0.717) is 12.5 Å². The van der Waals surface area contributed by atoms with Crippen molar-refractivity contribution in [2.45, 2.75) is 26.7 Å². The van der Waals surface area contributed by atoms with Gasteiger partial charge in [-0.05, 0) is 30.0 Å². The molecule has 0 aliphatic carbocycles. The van der Waals surface area contributed by atoms with E-state index in [9.17, 15) is 4.79 Å². The molecule has 1 aromatic carbocycles. The Hall–Kier alpha value is -1.59. The Morgan fingerprint density at radius 2 is 2.09 bits per heavy atom. The minimum absolute atomic E-state index is 0.0618. The first-order valence-electron chi connectivity index (χ1n) is 8.36. The van der Waals surface area contributed by atoms with Crippen molar-refractivity contribution < 1.29 is 14.3 Å². The van der Waals surface area contributed by atoms with Crippen LogP contribution in [0.25, 0.3) is 0 Å². The summed E-state index contributed by atoms with van der Waals surface area (Å²) in [5, 5.41) is 2.92. The summed E-state index contributed by atoms with van der Waals surface area (Å²) >= 11 is 0. The number of nitrogens with zero attached hydrogens (tertiary/aromatic N) is 1. The average molecular weight is 320 g/mol. The van der Waals surface area contributed by atoms with Crippen LogP contribution in [-0.4, -0.2) is 56.8 Å². The minimum atomic E-state index is -0.0746. The summed E-state index contributed by atoms with van der Waals surface area (Å²) in [6.07, 6.45) is 0. The molecule has 1 aliphatic rings. The molecule has 1 N–H and O–H groups in total. The van der Waals surface area contributed by atoms with Gasteiger partial charge in [-0.1, -0.05) is 26.0 Å². The van der Waals surface area contributed by atoms with Crippen molar-refractivity contribution in [3.05, 3.63) is 29.3 Å². The topological polar surface area (TPSA) is 50.8 Å². The van der Waals surface area contributed by atoms with Gasteiger partial charge < -0.3 is 14.8 Å². The number of benzene rings is 1. The fourth-order valence-electron chi connectivity index (χ4n) is 2.62. The molecule has 0 saturated carbocycles. The molecule has 1 amide bonds. The average Bonchev–Trinajstić information content (AvgIpc) is 2.53. The van der Waals surface area contributed by atoms with Crippen molar-refractivity contribution in [3.8, 4) is 5.75 Å². The lowest BCUT2D eigenvalue weighted by Crippen LogP contribution is -2.42. The van der Waals surface area contributed by atoms with Crippen LogP contribution in [0, 0.1) is 6.92 Å². The summed E-state index contributed by atoms with van der Waals surface area (Å²) < 4.78 is 11.0. The van der Waals surface area contributed by atoms with Crippen LogP contribution in [-0.2, 0) is 9.53 Å². The maximum absolute atomic E-state index is 11.9. The number of amides is 1. The molecule has 1 saturated heterocycles. The van der Waals surface area contributed by atoms with Crippen molar-refractivity contribution >= 4 is 5.91 Å². The molecule has 5 heteroatoms. The van der Waals surface area contributed by atoms with E-state index < -0.39 is 0 Å². The first kappa shape index (κ1) is 17.8. The van der Waals surface area contributed by atoms with Crippen molar-refractivity contribution in [3.63, 3.8) is 0 Å². The van der Waals surface area contributed by atoms with Crippen molar-refractivity contribution in [1.29, 1.82) is 0 Å². The van der Waals surface area contributed by atoms with Gasteiger partial charge in [-0.15, -0.1) is 0 Å². The molecule has 1 heterocycles. The normalized spacial score (nSPS) is 15.7.